The molecule has 1 saturated heterocycles. The third-order valence-corrected chi connectivity index (χ3v) is 4.17. The van der Waals surface area contributed by atoms with Gasteiger partial charge in [-0.2, -0.15) is 4.98 Å². The van der Waals surface area contributed by atoms with Crippen molar-refractivity contribution in [1.82, 2.24) is 19.5 Å². The van der Waals surface area contributed by atoms with Gasteiger partial charge in [0.05, 0.1) is 12.9 Å². The molecule has 1 aliphatic rings. The maximum Gasteiger partial charge on any atom is 0.280 e. The zero-order valence-electron chi connectivity index (χ0n) is 11.4. The van der Waals surface area contributed by atoms with Gasteiger partial charge in [-0.1, -0.05) is 17.5 Å². The van der Waals surface area contributed by atoms with Crippen LogP contribution in [0.5, 0.6) is 0 Å². The quantitative estimate of drug-likeness (QED) is 0.403. The molecule has 5 N–H and O–H groups in total. The van der Waals surface area contributed by atoms with Crippen molar-refractivity contribution in [2.75, 3.05) is 12.3 Å². The van der Waals surface area contributed by atoms with Gasteiger partial charge in [-0.15, -0.1) is 0 Å². The van der Waals surface area contributed by atoms with Crippen molar-refractivity contribution in [2.45, 2.75) is 23.3 Å². The molecule has 0 aromatic carbocycles. The Morgan fingerprint density at radius 3 is 3.00 bits per heavy atom. The van der Waals surface area contributed by atoms with Crippen molar-refractivity contribution >= 4 is 40.3 Å². The standard InChI is InChI=1S/C12H11Cl2N5O4/c13-2-1-12(14)7(21)5(3-20)23-10(12)19-4-16-6-8(19)17-11(15)18-9(6)22/h4-5,7,10,20-21H,3H2,(H3,15,17,18,22). The van der Waals surface area contributed by atoms with Crippen molar-refractivity contribution in [3.63, 3.8) is 0 Å². The van der Waals surface area contributed by atoms with E-state index in [4.69, 9.17) is 33.7 Å². The van der Waals surface area contributed by atoms with Gasteiger partial charge in [0, 0.05) is 5.38 Å². The monoisotopic (exact) mass is 359 g/mol. The Labute approximate surface area is 139 Å². The number of aromatic nitrogens is 4. The second-order valence-electron chi connectivity index (χ2n) is 4.92. The zero-order valence-corrected chi connectivity index (χ0v) is 12.9. The first-order valence-electron chi connectivity index (χ1n) is 6.40. The lowest BCUT2D eigenvalue weighted by Gasteiger charge is -2.25. The van der Waals surface area contributed by atoms with Crippen LogP contribution in [0, 0.1) is 11.3 Å². The first-order chi connectivity index (χ1) is 10.9. The van der Waals surface area contributed by atoms with Gasteiger partial charge in [-0.05, 0) is 11.6 Å². The topological polar surface area (TPSA) is 139 Å². The minimum atomic E-state index is -1.66. The van der Waals surface area contributed by atoms with Crippen molar-refractivity contribution in [3.05, 3.63) is 16.7 Å². The van der Waals surface area contributed by atoms with Gasteiger partial charge < -0.3 is 20.7 Å². The second-order valence-corrected chi connectivity index (χ2v) is 5.73. The van der Waals surface area contributed by atoms with Gasteiger partial charge in [0.2, 0.25) is 5.95 Å². The Morgan fingerprint density at radius 2 is 2.35 bits per heavy atom. The van der Waals surface area contributed by atoms with E-state index in [1.54, 1.807) is 0 Å². The smallest absolute Gasteiger partial charge is 0.280 e. The number of rotatable bonds is 2. The van der Waals surface area contributed by atoms with E-state index in [0.29, 0.717) is 0 Å². The number of halogens is 2. The lowest BCUT2D eigenvalue weighted by atomic mass is 9.99. The van der Waals surface area contributed by atoms with E-state index < -0.39 is 35.5 Å². The molecular formula is C12H11Cl2N5O4. The minimum absolute atomic E-state index is 0.0163. The molecule has 2 aromatic rings. The Hall–Kier alpha value is -1.83. The van der Waals surface area contributed by atoms with Crippen LogP contribution in [0.4, 0.5) is 5.95 Å². The summed E-state index contributed by atoms with van der Waals surface area (Å²) < 4.78 is 6.87. The molecule has 9 nitrogen and oxygen atoms in total. The Kier molecular flexibility index (Phi) is 3.95. The summed E-state index contributed by atoms with van der Waals surface area (Å²) in [7, 11) is 0. The van der Waals surface area contributed by atoms with E-state index in [1.165, 1.54) is 10.9 Å². The number of nitrogens with zero attached hydrogens (tertiary/aromatic N) is 3. The number of alkyl halides is 1. The number of ether oxygens (including phenoxy) is 1. The lowest BCUT2D eigenvalue weighted by molar-refractivity contribution is -0.0436. The number of aliphatic hydroxyl groups is 2. The largest absolute Gasteiger partial charge is 0.394 e. The molecule has 122 valence electrons. The Bertz CT molecular complexity index is 872. The molecule has 11 heteroatoms. The number of nitrogens with one attached hydrogen (secondary N) is 1. The van der Waals surface area contributed by atoms with E-state index in [-0.39, 0.29) is 17.1 Å². The molecule has 23 heavy (non-hydrogen) atoms. The summed E-state index contributed by atoms with van der Waals surface area (Å²) in [6.07, 6.45) is -2.16. The first-order valence-corrected chi connectivity index (χ1v) is 7.16. The highest BCUT2D eigenvalue weighted by atomic mass is 35.5. The van der Waals surface area contributed by atoms with E-state index in [0.717, 1.165) is 0 Å². The summed E-state index contributed by atoms with van der Waals surface area (Å²) >= 11 is 11.8. The summed E-state index contributed by atoms with van der Waals surface area (Å²) in [5.74, 6) is 2.35. The van der Waals surface area contributed by atoms with Crippen molar-refractivity contribution in [1.29, 1.82) is 0 Å². The second kappa shape index (κ2) is 5.67. The fourth-order valence-corrected chi connectivity index (χ4v) is 3.04. The van der Waals surface area contributed by atoms with Gasteiger partial charge in [0.25, 0.3) is 5.56 Å². The van der Waals surface area contributed by atoms with Crippen molar-refractivity contribution < 1.29 is 14.9 Å². The molecule has 0 radical (unpaired) electrons. The SMILES string of the molecule is Nc1nc2c(ncn2C2OC(CO)C(O)C2(Cl)C#CCl)c(=O)[nH]1. The first kappa shape index (κ1) is 16.0. The van der Waals surface area contributed by atoms with Crippen LogP contribution < -0.4 is 11.3 Å². The molecule has 3 heterocycles. The van der Waals surface area contributed by atoms with Crippen LogP contribution >= 0.6 is 23.2 Å². The number of imidazole rings is 1. The molecular weight excluding hydrogens is 349 g/mol. The van der Waals surface area contributed by atoms with Gasteiger partial charge in [0.1, 0.15) is 12.2 Å². The van der Waals surface area contributed by atoms with Crippen molar-refractivity contribution in [2.24, 2.45) is 0 Å². The van der Waals surface area contributed by atoms with Gasteiger partial charge in [-0.25, -0.2) is 4.98 Å². The van der Waals surface area contributed by atoms with E-state index in [1.807, 2.05) is 0 Å². The Balaban J connectivity index is 2.20. The molecule has 0 spiro atoms. The van der Waals surface area contributed by atoms with Crippen LogP contribution in [0.15, 0.2) is 11.1 Å². The summed E-state index contributed by atoms with van der Waals surface area (Å²) in [5, 5.41) is 21.7. The molecule has 0 bridgehead atoms. The number of aliphatic hydroxyl groups excluding tert-OH is 2. The third kappa shape index (κ3) is 2.36. The summed E-state index contributed by atoms with van der Waals surface area (Å²) in [4.78, 5) is 20.4. The van der Waals surface area contributed by atoms with E-state index in [2.05, 4.69) is 26.3 Å². The summed E-state index contributed by atoms with van der Waals surface area (Å²) in [5.41, 5.74) is 5.12. The average Bonchev–Trinajstić information content (AvgIpc) is 3.01. The number of anilines is 1. The minimum Gasteiger partial charge on any atom is -0.394 e. The van der Waals surface area contributed by atoms with Crippen LogP contribution in [0.2, 0.25) is 0 Å². The molecule has 4 unspecified atom stereocenters. The predicted octanol–water partition coefficient (Wildman–Crippen LogP) is -0.870. The molecule has 1 fully saturated rings. The lowest BCUT2D eigenvalue weighted by Crippen LogP contribution is -2.41. The molecule has 0 amide bonds. The summed E-state index contributed by atoms with van der Waals surface area (Å²) in [6, 6.07) is 0. The van der Waals surface area contributed by atoms with Crippen LogP contribution in [0.25, 0.3) is 11.2 Å². The number of nitrogen functional groups attached to an aromatic ring is 1. The van der Waals surface area contributed by atoms with Crippen LogP contribution in [0.3, 0.4) is 0 Å². The molecule has 0 aliphatic carbocycles. The van der Waals surface area contributed by atoms with E-state index >= 15 is 0 Å². The van der Waals surface area contributed by atoms with Gasteiger partial charge in [0.15, 0.2) is 22.3 Å². The highest BCUT2D eigenvalue weighted by molar-refractivity contribution is 6.32. The maximum atomic E-state index is 11.8. The number of hydrogen-bond donors (Lipinski definition) is 4. The number of aromatic amines is 1. The molecule has 4 atom stereocenters. The number of H-pyrrole nitrogens is 1. The molecule has 2 aromatic heterocycles. The van der Waals surface area contributed by atoms with E-state index in [9.17, 15) is 15.0 Å². The molecule has 1 aliphatic heterocycles. The van der Waals surface area contributed by atoms with Gasteiger partial charge in [-0.3, -0.25) is 14.3 Å². The normalized spacial score (nSPS) is 30.3. The maximum absolute atomic E-state index is 11.8. The van der Waals surface area contributed by atoms with Crippen LogP contribution in [0.1, 0.15) is 6.23 Å². The average molecular weight is 360 g/mol. The molecule has 0 saturated carbocycles. The zero-order chi connectivity index (χ0) is 16.8. The summed E-state index contributed by atoms with van der Waals surface area (Å²) in [6.45, 7) is -0.487. The third-order valence-electron chi connectivity index (χ3n) is 3.57. The number of fused-ring (bicyclic) bond motifs is 1. The highest BCUT2D eigenvalue weighted by Gasteiger charge is 2.56. The molecule has 3 rings (SSSR count). The number of hydrogen-bond acceptors (Lipinski definition) is 7. The van der Waals surface area contributed by atoms with Crippen LogP contribution in [-0.2, 0) is 4.74 Å². The predicted molar refractivity (Wildman–Crippen MR) is 81.8 cm³/mol. The highest BCUT2D eigenvalue weighted by Crippen LogP contribution is 2.43. The van der Waals surface area contributed by atoms with Gasteiger partial charge >= 0.3 is 0 Å². The fourth-order valence-electron chi connectivity index (χ4n) is 2.49. The number of nitrogens with two attached hydrogens (primary N) is 1. The van der Waals surface area contributed by atoms with Crippen LogP contribution in [-0.4, -0.2) is 53.4 Å². The Morgan fingerprint density at radius 1 is 1.61 bits per heavy atom. The fraction of sp³-hybridized carbons (Fsp3) is 0.417. The van der Waals surface area contributed by atoms with Crippen molar-refractivity contribution in [3.8, 4) is 11.3 Å².